The fourth-order valence-electron chi connectivity index (χ4n) is 3.06. The van der Waals surface area contributed by atoms with Gasteiger partial charge in [-0.05, 0) is 37.6 Å². The summed E-state index contributed by atoms with van der Waals surface area (Å²) in [7, 11) is 0. The minimum Gasteiger partial charge on any atom is -0.395 e. The van der Waals surface area contributed by atoms with Crippen molar-refractivity contribution >= 4 is 0 Å². The van der Waals surface area contributed by atoms with Crippen LogP contribution in [0.5, 0.6) is 0 Å². The molecule has 0 bridgehead atoms. The maximum Gasteiger partial charge on any atom is 0.0558 e. The van der Waals surface area contributed by atoms with Crippen LogP contribution in [0.2, 0.25) is 0 Å². The van der Waals surface area contributed by atoms with E-state index in [1.54, 1.807) is 0 Å². The molecule has 0 heterocycles. The van der Waals surface area contributed by atoms with Gasteiger partial charge in [-0.1, -0.05) is 33.1 Å². The maximum atomic E-state index is 9.05. The van der Waals surface area contributed by atoms with E-state index in [9.17, 15) is 0 Å². The van der Waals surface area contributed by atoms with E-state index >= 15 is 0 Å². The lowest BCUT2D eigenvalue weighted by atomic mass is 9.80. The molecule has 2 atom stereocenters. The standard InChI is InChI=1S/C14H29NO/c1-3-8-15(9-10-16)12-14-7-5-6-13(4-2)11-14/h13-14,16H,3-12H2,1-2H3. The van der Waals surface area contributed by atoms with Crippen molar-refractivity contribution in [2.45, 2.75) is 52.4 Å². The van der Waals surface area contributed by atoms with Crippen molar-refractivity contribution in [1.82, 2.24) is 4.90 Å². The van der Waals surface area contributed by atoms with Gasteiger partial charge in [0.25, 0.3) is 0 Å². The Morgan fingerprint density at radius 1 is 1.12 bits per heavy atom. The zero-order valence-electron chi connectivity index (χ0n) is 11.1. The Labute approximate surface area is 101 Å². The molecule has 0 spiro atoms. The Bertz CT molecular complexity index is 166. The minimum atomic E-state index is 0.309. The van der Waals surface area contributed by atoms with Gasteiger partial charge in [0, 0.05) is 13.1 Å². The van der Waals surface area contributed by atoms with E-state index in [0.29, 0.717) is 6.61 Å². The van der Waals surface area contributed by atoms with Crippen molar-refractivity contribution < 1.29 is 5.11 Å². The van der Waals surface area contributed by atoms with Crippen LogP contribution in [-0.2, 0) is 0 Å². The Morgan fingerprint density at radius 3 is 2.50 bits per heavy atom. The summed E-state index contributed by atoms with van der Waals surface area (Å²) in [6, 6.07) is 0. The first-order chi connectivity index (χ1) is 7.80. The van der Waals surface area contributed by atoms with Crippen LogP contribution in [0.3, 0.4) is 0 Å². The average molecular weight is 227 g/mol. The molecule has 1 aliphatic carbocycles. The number of hydrogen-bond acceptors (Lipinski definition) is 2. The molecule has 0 amide bonds. The first kappa shape index (κ1) is 14.0. The first-order valence-corrected chi connectivity index (χ1v) is 7.13. The van der Waals surface area contributed by atoms with Gasteiger partial charge in [0.05, 0.1) is 6.61 Å². The summed E-state index contributed by atoms with van der Waals surface area (Å²) in [5.41, 5.74) is 0. The zero-order valence-corrected chi connectivity index (χ0v) is 11.1. The van der Waals surface area contributed by atoms with Gasteiger partial charge in [0.2, 0.25) is 0 Å². The molecule has 0 aromatic rings. The molecule has 0 radical (unpaired) electrons. The molecule has 96 valence electrons. The van der Waals surface area contributed by atoms with Gasteiger partial charge in [-0.25, -0.2) is 0 Å². The Balaban J connectivity index is 2.31. The van der Waals surface area contributed by atoms with E-state index in [1.165, 1.54) is 45.1 Å². The van der Waals surface area contributed by atoms with Crippen molar-refractivity contribution in [2.75, 3.05) is 26.2 Å². The molecular formula is C14H29NO. The van der Waals surface area contributed by atoms with E-state index in [2.05, 4.69) is 18.7 Å². The second kappa shape index (κ2) is 8.08. The van der Waals surface area contributed by atoms with Crippen LogP contribution in [0.25, 0.3) is 0 Å². The van der Waals surface area contributed by atoms with Gasteiger partial charge in [-0.15, -0.1) is 0 Å². The second-order valence-corrected chi connectivity index (χ2v) is 5.33. The number of hydrogen-bond donors (Lipinski definition) is 1. The normalized spacial score (nSPS) is 26.2. The van der Waals surface area contributed by atoms with E-state index in [0.717, 1.165) is 24.9 Å². The Kier molecular flexibility index (Phi) is 7.06. The lowest BCUT2D eigenvalue weighted by molar-refractivity contribution is 0.145. The molecule has 0 aliphatic heterocycles. The fraction of sp³-hybridized carbons (Fsp3) is 1.00. The molecular weight excluding hydrogens is 198 g/mol. The molecule has 2 heteroatoms. The van der Waals surface area contributed by atoms with Gasteiger partial charge < -0.3 is 10.0 Å². The van der Waals surface area contributed by atoms with E-state index in [1.807, 2.05) is 0 Å². The largest absolute Gasteiger partial charge is 0.395 e. The Hall–Kier alpha value is -0.0800. The number of rotatable bonds is 7. The third-order valence-corrected chi connectivity index (χ3v) is 3.94. The summed E-state index contributed by atoms with van der Waals surface area (Å²) in [6.07, 6.45) is 8.24. The minimum absolute atomic E-state index is 0.309. The highest BCUT2D eigenvalue weighted by molar-refractivity contribution is 4.75. The quantitative estimate of drug-likeness (QED) is 0.723. The first-order valence-electron chi connectivity index (χ1n) is 7.13. The van der Waals surface area contributed by atoms with Gasteiger partial charge >= 0.3 is 0 Å². The monoisotopic (exact) mass is 227 g/mol. The smallest absolute Gasteiger partial charge is 0.0558 e. The summed E-state index contributed by atoms with van der Waals surface area (Å²) >= 11 is 0. The number of nitrogens with zero attached hydrogens (tertiary/aromatic N) is 1. The molecule has 0 saturated heterocycles. The SMILES string of the molecule is CCCN(CCO)CC1CCCC(CC)C1. The molecule has 0 aromatic carbocycles. The number of aliphatic hydroxyl groups is 1. The average Bonchev–Trinajstić information content (AvgIpc) is 2.30. The van der Waals surface area contributed by atoms with Crippen LogP contribution in [0.1, 0.15) is 52.4 Å². The topological polar surface area (TPSA) is 23.5 Å². The molecule has 2 nitrogen and oxygen atoms in total. The zero-order chi connectivity index (χ0) is 11.8. The summed E-state index contributed by atoms with van der Waals surface area (Å²) in [4.78, 5) is 2.45. The fourth-order valence-corrected chi connectivity index (χ4v) is 3.06. The highest BCUT2D eigenvalue weighted by Gasteiger charge is 2.22. The molecule has 0 aromatic heterocycles. The lowest BCUT2D eigenvalue weighted by Gasteiger charge is -2.32. The van der Waals surface area contributed by atoms with Crippen LogP contribution in [0.15, 0.2) is 0 Å². The second-order valence-electron chi connectivity index (χ2n) is 5.33. The molecule has 1 saturated carbocycles. The molecule has 2 unspecified atom stereocenters. The highest BCUT2D eigenvalue weighted by atomic mass is 16.3. The van der Waals surface area contributed by atoms with Crippen molar-refractivity contribution in [2.24, 2.45) is 11.8 Å². The van der Waals surface area contributed by atoms with Gasteiger partial charge in [0.1, 0.15) is 0 Å². The third kappa shape index (κ3) is 4.84. The highest BCUT2D eigenvalue weighted by Crippen LogP contribution is 2.31. The molecule has 1 N–H and O–H groups in total. The lowest BCUT2D eigenvalue weighted by Crippen LogP contribution is -2.34. The van der Waals surface area contributed by atoms with Crippen LogP contribution in [0, 0.1) is 11.8 Å². The van der Waals surface area contributed by atoms with Gasteiger partial charge in [-0.2, -0.15) is 0 Å². The number of aliphatic hydroxyl groups excluding tert-OH is 1. The molecule has 1 aliphatic rings. The van der Waals surface area contributed by atoms with Crippen molar-refractivity contribution in [3.8, 4) is 0 Å². The third-order valence-electron chi connectivity index (χ3n) is 3.94. The summed E-state index contributed by atoms with van der Waals surface area (Å²) in [5, 5.41) is 9.05. The maximum absolute atomic E-state index is 9.05. The predicted octanol–water partition coefficient (Wildman–Crippen LogP) is 2.91. The van der Waals surface area contributed by atoms with E-state index in [4.69, 9.17) is 5.11 Å². The van der Waals surface area contributed by atoms with Crippen LogP contribution < -0.4 is 0 Å². The molecule has 1 fully saturated rings. The summed E-state index contributed by atoms with van der Waals surface area (Å²) in [5.74, 6) is 1.85. The van der Waals surface area contributed by atoms with Crippen molar-refractivity contribution in [1.29, 1.82) is 0 Å². The van der Waals surface area contributed by atoms with Crippen molar-refractivity contribution in [3.05, 3.63) is 0 Å². The van der Waals surface area contributed by atoms with Gasteiger partial charge in [-0.3, -0.25) is 0 Å². The van der Waals surface area contributed by atoms with E-state index < -0.39 is 0 Å². The molecule has 16 heavy (non-hydrogen) atoms. The van der Waals surface area contributed by atoms with Crippen molar-refractivity contribution in [3.63, 3.8) is 0 Å². The summed E-state index contributed by atoms with van der Waals surface area (Å²) in [6.45, 7) is 8.08. The van der Waals surface area contributed by atoms with Crippen LogP contribution in [-0.4, -0.2) is 36.2 Å². The van der Waals surface area contributed by atoms with Gasteiger partial charge in [0.15, 0.2) is 0 Å². The molecule has 1 rings (SSSR count). The van der Waals surface area contributed by atoms with E-state index in [-0.39, 0.29) is 0 Å². The predicted molar refractivity (Wildman–Crippen MR) is 69.6 cm³/mol. The summed E-state index contributed by atoms with van der Waals surface area (Å²) < 4.78 is 0. The Morgan fingerprint density at radius 2 is 1.88 bits per heavy atom. The van der Waals surface area contributed by atoms with Crippen LogP contribution in [0.4, 0.5) is 0 Å². The van der Waals surface area contributed by atoms with Crippen LogP contribution >= 0.6 is 0 Å².